The van der Waals surface area contributed by atoms with E-state index in [2.05, 4.69) is 38.4 Å². The first-order valence-electron chi connectivity index (χ1n) is 7.61. The molecular weight excluding hydrogens is 330 g/mol. The molecule has 2 N–H and O–H groups in total. The van der Waals surface area contributed by atoms with E-state index in [1.807, 2.05) is 25.1 Å². The smallest absolute Gasteiger partial charge is 0.238 e. The van der Waals surface area contributed by atoms with Crippen molar-refractivity contribution in [1.29, 1.82) is 0 Å². The molecule has 2 rings (SSSR count). The van der Waals surface area contributed by atoms with Crippen LogP contribution in [0.15, 0.2) is 22.7 Å². The molecule has 1 amide bonds. The van der Waals surface area contributed by atoms with Crippen molar-refractivity contribution in [3.63, 3.8) is 0 Å². The number of halogens is 1. The van der Waals surface area contributed by atoms with E-state index >= 15 is 0 Å². The van der Waals surface area contributed by atoms with Crippen molar-refractivity contribution >= 4 is 27.5 Å². The van der Waals surface area contributed by atoms with Gasteiger partial charge in [0.05, 0.1) is 12.2 Å². The number of benzene rings is 1. The number of hydrogen-bond acceptors (Lipinski definition) is 3. The van der Waals surface area contributed by atoms with Gasteiger partial charge in [-0.3, -0.25) is 9.69 Å². The van der Waals surface area contributed by atoms with Crippen LogP contribution in [0.4, 0.5) is 5.69 Å². The van der Waals surface area contributed by atoms with Gasteiger partial charge in [0.15, 0.2) is 0 Å². The number of carbonyl (C=O) groups is 1. The molecule has 1 aliphatic heterocycles. The number of nitrogens with zero attached hydrogens (tertiary/aromatic N) is 1. The van der Waals surface area contributed by atoms with Crippen molar-refractivity contribution < 1.29 is 4.79 Å². The summed E-state index contributed by atoms with van der Waals surface area (Å²) in [6.07, 6.45) is 2.19. The van der Waals surface area contributed by atoms with Crippen molar-refractivity contribution in [2.45, 2.75) is 32.7 Å². The van der Waals surface area contributed by atoms with E-state index in [1.165, 1.54) is 5.56 Å². The van der Waals surface area contributed by atoms with Crippen LogP contribution in [0.2, 0.25) is 0 Å². The highest BCUT2D eigenvalue weighted by molar-refractivity contribution is 9.10. The van der Waals surface area contributed by atoms with Gasteiger partial charge in [-0.05, 0) is 66.5 Å². The zero-order valence-electron chi connectivity index (χ0n) is 12.8. The summed E-state index contributed by atoms with van der Waals surface area (Å²) in [5, 5.41) is 6.37. The van der Waals surface area contributed by atoms with E-state index in [0.717, 1.165) is 42.6 Å². The molecule has 0 aromatic heterocycles. The Bertz CT molecular complexity index is 486. The van der Waals surface area contributed by atoms with E-state index < -0.39 is 0 Å². The van der Waals surface area contributed by atoms with Crippen LogP contribution in [-0.2, 0) is 4.79 Å². The molecule has 1 fully saturated rings. The number of anilines is 1. The third kappa shape index (κ3) is 4.80. The van der Waals surface area contributed by atoms with Crippen LogP contribution in [0, 0.1) is 6.92 Å². The summed E-state index contributed by atoms with van der Waals surface area (Å²) < 4.78 is 0.931. The first kappa shape index (κ1) is 16.5. The van der Waals surface area contributed by atoms with Crippen LogP contribution in [0.1, 0.15) is 25.3 Å². The molecule has 116 valence electrons. The van der Waals surface area contributed by atoms with Crippen molar-refractivity contribution in [2.24, 2.45) is 0 Å². The van der Waals surface area contributed by atoms with Gasteiger partial charge < -0.3 is 10.6 Å². The Hall–Kier alpha value is -0.910. The van der Waals surface area contributed by atoms with Crippen LogP contribution in [0.5, 0.6) is 0 Å². The van der Waals surface area contributed by atoms with Crippen LogP contribution < -0.4 is 10.6 Å². The zero-order valence-corrected chi connectivity index (χ0v) is 14.4. The Morgan fingerprint density at radius 2 is 2.33 bits per heavy atom. The molecular formula is C16H24BrN3O. The number of aryl methyl sites for hydroxylation is 1. The molecule has 1 aromatic carbocycles. The average Bonchev–Trinajstić information content (AvgIpc) is 2.95. The third-order valence-electron chi connectivity index (χ3n) is 3.81. The van der Waals surface area contributed by atoms with Crippen molar-refractivity contribution in [2.75, 3.05) is 31.5 Å². The molecule has 0 bridgehead atoms. The molecule has 1 unspecified atom stereocenters. The Kier molecular flexibility index (Phi) is 6.21. The highest BCUT2D eigenvalue weighted by Crippen LogP contribution is 2.23. The molecule has 5 heteroatoms. The summed E-state index contributed by atoms with van der Waals surface area (Å²) in [6, 6.07) is 6.45. The van der Waals surface area contributed by atoms with Crippen molar-refractivity contribution in [1.82, 2.24) is 10.2 Å². The second kappa shape index (κ2) is 7.92. The van der Waals surface area contributed by atoms with E-state index in [4.69, 9.17) is 0 Å². The van der Waals surface area contributed by atoms with Gasteiger partial charge >= 0.3 is 0 Å². The molecule has 1 atom stereocenters. The summed E-state index contributed by atoms with van der Waals surface area (Å²) in [4.78, 5) is 14.6. The zero-order chi connectivity index (χ0) is 15.2. The lowest BCUT2D eigenvalue weighted by Crippen LogP contribution is -2.42. The Labute approximate surface area is 135 Å². The molecule has 1 saturated heterocycles. The van der Waals surface area contributed by atoms with Gasteiger partial charge in [0, 0.05) is 17.1 Å². The van der Waals surface area contributed by atoms with Crippen molar-refractivity contribution in [3.8, 4) is 0 Å². The third-order valence-corrected chi connectivity index (χ3v) is 4.46. The Morgan fingerprint density at radius 1 is 1.52 bits per heavy atom. The normalized spacial score (nSPS) is 18.2. The highest BCUT2D eigenvalue weighted by Gasteiger charge is 2.23. The molecule has 1 aromatic rings. The highest BCUT2D eigenvalue weighted by atomic mass is 79.9. The average molecular weight is 354 g/mol. The minimum Gasteiger partial charge on any atom is -0.324 e. The van der Waals surface area contributed by atoms with Gasteiger partial charge in [-0.2, -0.15) is 0 Å². The second-order valence-corrected chi connectivity index (χ2v) is 6.50. The monoisotopic (exact) mass is 353 g/mol. The lowest BCUT2D eigenvalue weighted by Gasteiger charge is -2.27. The van der Waals surface area contributed by atoms with Gasteiger partial charge in [0.25, 0.3) is 0 Å². The van der Waals surface area contributed by atoms with E-state index in [-0.39, 0.29) is 5.91 Å². The molecule has 0 aliphatic carbocycles. The molecule has 4 nitrogen and oxygen atoms in total. The van der Waals surface area contributed by atoms with Crippen LogP contribution in [0.25, 0.3) is 0 Å². The number of carbonyl (C=O) groups excluding carboxylic acids is 1. The quantitative estimate of drug-likeness (QED) is 0.826. The minimum absolute atomic E-state index is 0.0555. The number of hydrogen-bond donors (Lipinski definition) is 2. The van der Waals surface area contributed by atoms with Crippen LogP contribution in [-0.4, -0.2) is 43.0 Å². The van der Waals surface area contributed by atoms with Gasteiger partial charge in [0.2, 0.25) is 5.91 Å². The summed E-state index contributed by atoms with van der Waals surface area (Å²) in [6.45, 7) is 7.66. The number of amides is 1. The molecule has 21 heavy (non-hydrogen) atoms. The van der Waals surface area contributed by atoms with E-state index in [0.29, 0.717) is 12.6 Å². The molecule has 1 heterocycles. The molecule has 1 aliphatic rings. The maximum atomic E-state index is 12.3. The lowest BCUT2D eigenvalue weighted by atomic mass is 10.2. The van der Waals surface area contributed by atoms with Gasteiger partial charge in [0.1, 0.15) is 0 Å². The fraction of sp³-hybridized carbons (Fsp3) is 0.562. The van der Waals surface area contributed by atoms with Gasteiger partial charge in [-0.25, -0.2) is 0 Å². The number of rotatable bonds is 6. The Morgan fingerprint density at radius 3 is 2.95 bits per heavy atom. The minimum atomic E-state index is 0.0555. The molecule has 0 saturated carbocycles. The fourth-order valence-electron chi connectivity index (χ4n) is 2.72. The van der Waals surface area contributed by atoms with Crippen LogP contribution in [0.3, 0.4) is 0 Å². The number of nitrogens with one attached hydrogen (secondary N) is 2. The maximum absolute atomic E-state index is 12.3. The molecule has 0 spiro atoms. The first-order chi connectivity index (χ1) is 10.1. The summed E-state index contributed by atoms with van der Waals surface area (Å²) in [5.74, 6) is 0.0555. The predicted octanol–water partition coefficient (Wildman–Crippen LogP) is 2.77. The maximum Gasteiger partial charge on any atom is 0.238 e. The fourth-order valence-corrected chi connectivity index (χ4v) is 3.32. The van der Waals surface area contributed by atoms with E-state index in [1.54, 1.807) is 0 Å². The van der Waals surface area contributed by atoms with E-state index in [9.17, 15) is 4.79 Å². The molecule has 0 radical (unpaired) electrons. The summed E-state index contributed by atoms with van der Waals surface area (Å²) in [5.41, 5.74) is 2.01. The standard InChI is InChI=1S/C16H24BrN3O/c1-3-8-20(13-6-7-18-10-13)11-16(21)19-15-5-4-12(2)9-14(15)17/h4-5,9,13,18H,3,6-8,10-11H2,1-2H3,(H,19,21). The second-order valence-electron chi connectivity index (χ2n) is 5.65. The lowest BCUT2D eigenvalue weighted by molar-refractivity contribution is -0.117. The van der Waals surface area contributed by atoms with Crippen molar-refractivity contribution in [3.05, 3.63) is 28.2 Å². The Balaban J connectivity index is 1.95. The predicted molar refractivity (Wildman–Crippen MR) is 90.6 cm³/mol. The summed E-state index contributed by atoms with van der Waals surface area (Å²) >= 11 is 3.50. The van der Waals surface area contributed by atoms with Gasteiger partial charge in [-0.15, -0.1) is 0 Å². The first-order valence-corrected chi connectivity index (χ1v) is 8.40. The van der Waals surface area contributed by atoms with Crippen LogP contribution >= 0.6 is 15.9 Å². The van der Waals surface area contributed by atoms with Gasteiger partial charge in [-0.1, -0.05) is 13.0 Å². The topological polar surface area (TPSA) is 44.4 Å². The SMILES string of the molecule is CCCN(CC(=O)Nc1ccc(C)cc1Br)C1CCNC1. The summed E-state index contributed by atoms with van der Waals surface area (Å²) in [7, 11) is 0. The largest absolute Gasteiger partial charge is 0.324 e.